The Morgan fingerprint density at radius 3 is 2.52 bits per heavy atom. The molecular formula is C21H26F2N4O2. The van der Waals surface area contributed by atoms with Crippen molar-refractivity contribution in [1.29, 1.82) is 0 Å². The predicted molar refractivity (Wildman–Crippen MR) is 106 cm³/mol. The highest BCUT2D eigenvalue weighted by Gasteiger charge is 2.37. The minimum Gasteiger partial charge on any atom is -0.434 e. The molecule has 6 nitrogen and oxygen atoms in total. The number of nitrogens with zero attached hydrogens (tertiary/aromatic N) is 4. The van der Waals surface area contributed by atoms with Crippen LogP contribution in [0.15, 0.2) is 48.7 Å². The molecule has 3 heterocycles. The highest BCUT2D eigenvalue weighted by atomic mass is 19.3. The summed E-state index contributed by atoms with van der Waals surface area (Å²) in [5.74, 6) is 1.18. The van der Waals surface area contributed by atoms with Crippen LogP contribution in [0.5, 0.6) is 5.75 Å². The molecule has 156 valence electrons. The van der Waals surface area contributed by atoms with Crippen molar-refractivity contribution in [3.05, 3.63) is 54.2 Å². The molecule has 0 unspecified atom stereocenters. The fourth-order valence-corrected chi connectivity index (χ4v) is 4.24. The van der Waals surface area contributed by atoms with Crippen molar-refractivity contribution in [1.82, 2.24) is 14.8 Å². The summed E-state index contributed by atoms with van der Waals surface area (Å²) in [6.45, 7) is 2.31. The Bertz CT molecular complexity index is 787. The second-order valence-electron chi connectivity index (χ2n) is 7.53. The van der Waals surface area contributed by atoms with Crippen LogP contribution in [0.4, 0.5) is 14.6 Å². The molecule has 1 N–H and O–H groups in total. The molecule has 2 atom stereocenters. The molecule has 2 fully saturated rings. The number of pyridine rings is 1. The Balaban J connectivity index is 1.34. The van der Waals surface area contributed by atoms with E-state index in [1.54, 1.807) is 24.4 Å². The highest BCUT2D eigenvalue weighted by Crippen LogP contribution is 2.26. The molecule has 2 saturated heterocycles. The van der Waals surface area contributed by atoms with E-state index in [2.05, 4.69) is 24.4 Å². The molecule has 1 aromatic carbocycles. The first-order chi connectivity index (χ1) is 14.1. The SMILES string of the molecule is O[C@H]1CN(Cc2ccccc2OC(F)F)C[C@@H]1N1CCN(c2ccccn2)CC1. The Morgan fingerprint density at radius 1 is 1.03 bits per heavy atom. The van der Waals surface area contributed by atoms with Gasteiger partial charge in [0.2, 0.25) is 0 Å². The van der Waals surface area contributed by atoms with Gasteiger partial charge in [-0.05, 0) is 18.2 Å². The number of piperazine rings is 1. The van der Waals surface area contributed by atoms with Crippen molar-refractivity contribution in [2.45, 2.75) is 25.3 Å². The predicted octanol–water partition coefficient (Wildman–Crippen LogP) is 2.05. The van der Waals surface area contributed by atoms with Crippen molar-refractivity contribution in [2.75, 3.05) is 44.2 Å². The van der Waals surface area contributed by atoms with Crippen LogP contribution in [0.25, 0.3) is 0 Å². The number of aliphatic hydroxyl groups is 1. The van der Waals surface area contributed by atoms with Gasteiger partial charge in [0, 0.05) is 63.6 Å². The number of β-amino-alcohol motifs (C(OH)–C–C–N with tert-alkyl or cyclic N) is 1. The van der Waals surface area contributed by atoms with Gasteiger partial charge in [0.25, 0.3) is 0 Å². The molecule has 8 heteroatoms. The van der Waals surface area contributed by atoms with Gasteiger partial charge < -0.3 is 14.7 Å². The van der Waals surface area contributed by atoms with E-state index < -0.39 is 12.7 Å². The van der Waals surface area contributed by atoms with Gasteiger partial charge in [-0.2, -0.15) is 8.78 Å². The molecule has 0 saturated carbocycles. The Kier molecular flexibility index (Phi) is 6.22. The largest absolute Gasteiger partial charge is 0.434 e. The normalized spacial score (nSPS) is 23.7. The first-order valence-electron chi connectivity index (χ1n) is 9.93. The summed E-state index contributed by atoms with van der Waals surface area (Å²) in [4.78, 5) is 11.1. The molecule has 2 aliphatic heterocycles. The summed E-state index contributed by atoms with van der Waals surface area (Å²) in [6.07, 6.45) is 1.34. The Hall–Kier alpha value is -2.29. The van der Waals surface area contributed by atoms with Crippen LogP contribution in [0.3, 0.4) is 0 Å². The number of benzene rings is 1. The number of anilines is 1. The summed E-state index contributed by atoms with van der Waals surface area (Å²) >= 11 is 0. The second kappa shape index (κ2) is 9.02. The Morgan fingerprint density at radius 2 is 1.79 bits per heavy atom. The molecule has 4 rings (SSSR count). The van der Waals surface area contributed by atoms with Crippen LogP contribution < -0.4 is 9.64 Å². The smallest absolute Gasteiger partial charge is 0.387 e. The number of hydrogen-bond donors (Lipinski definition) is 1. The molecule has 0 radical (unpaired) electrons. The lowest BCUT2D eigenvalue weighted by atomic mass is 10.1. The van der Waals surface area contributed by atoms with Gasteiger partial charge >= 0.3 is 6.61 Å². The monoisotopic (exact) mass is 404 g/mol. The van der Waals surface area contributed by atoms with Crippen molar-refractivity contribution in [3.63, 3.8) is 0 Å². The van der Waals surface area contributed by atoms with Gasteiger partial charge in [-0.3, -0.25) is 9.80 Å². The van der Waals surface area contributed by atoms with E-state index in [1.807, 2.05) is 24.3 Å². The quantitative estimate of drug-likeness (QED) is 0.796. The fraction of sp³-hybridized carbons (Fsp3) is 0.476. The van der Waals surface area contributed by atoms with E-state index in [1.165, 1.54) is 0 Å². The molecule has 2 aromatic rings. The lowest BCUT2D eigenvalue weighted by Gasteiger charge is -2.39. The molecule has 1 aromatic heterocycles. The third-order valence-corrected chi connectivity index (χ3v) is 5.67. The first-order valence-corrected chi connectivity index (χ1v) is 9.93. The number of likely N-dealkylation sites (tertiary alicyclic amines) is 1. The van der Waals surface area contributed by atoms with E-state index in [4.69, 9.17) is 0 Å². The van der Waals surface area contributed by atoms with E-state index in [0.717, 1.165) is 32.0 Å². The summed E-state index contributed by atoms with van der Waals surface area (Å²) < 4.78 is 29.9. The topological polar surface area (TPSA) is 52.1 Å². The zero-order valence-corrected chi connectivity index (χ0v) is 16.2. The van der Waals surface area contributed by atoms with Gasteiger partial charge in [-0.25, -0.2) is 4.98 Å². The average Bonchev–Trinajstić information content (AvgIpc) is 3.10. The number of aromatic nitrogens is 1. The lowest BCUT2D eigenvalue weighted by molar-refractivity contribution is -0.0507. The van der Waals surface area contributed by atoms with Crippen LogP contribution >= 0.6 is 0 Å². The summed E-state index contributed by atoms with van der Waals surface area (Å²) in [5.41, 5.74) is 0.709. The van der Waals surface area contributed by atoms with Crippen molar-refractivity contribution >= 4 is 5.82 Å². The van der Waals surface area contributed by atoms with Gasteiger partial charge in [-0.1, -0.05) is 24.3 Å². The van der Waals surface area contributed by atoms with Gasteiger partial charge in [-0.15, -0.1) is 0 Å². The fourth-order valence-electron chi connectivity index (χ4n) is 4.24. The van der Waals surface area contributed by atoms with E-state index in [0.29, 0.717) is 25.2 Å². The summed E-state index contributed by atoms with van der Waals surface area (Å²) in [5, 5.41) is 10.6. The second-order valence-corrected chi connectivity index (χ2v) is 7.53. The highest BCUT2D eigenvalue weighted by molar-refractivity contribution is 5.38. The van der Waals surface area contributed by atoms with E-state index >= 15 is 0 Å². The molecule has 0 bridgehead atoms. The maximum absolute atomic E-state index is 12.6. The molecular weight excluding hydrogens is 378 g/mol. The number of halogens is 2. The van der Waals surface area contributed by atoms with Crippen molar-refractivity contribution < 1.29 is 18.6 Å². The molecule has 29 heavy (non-hydrogen) atoms. The van der Waals surface area contributed by atoms with Crippen LogP contribution in [0.2, 0.25) is 0 Å². The van der Waals surface area contributed by atoms with Crippen molar-refractivity contribution in [3.8, 4) is 5.75 Å². The number of rotatable bonds is 6. The number of ether oxygens (including phenoxy) is 1. The summed E-state index contributed by atoms with van der Waals surface area (Å²) in [6, 6.07) is 12.8. The Labute approximate surface area is 169 Å². The standard InChI is InChI=1S/C21H26F2N4O2/c22-21(23)29-19-6-2-1-5-16(19)13-25-14-17(18(28)15-25)26-9-11-27(12-10-26)20-7-3-4-8-24-20/h1-8,17-18,21,28H,9-15H2/t17-,18-/m0/s1. The molecule has 0 spiro atoms. The zero-order valence-electron chi connectivity index (χ0n) is 16.2. The maximum Gasteiger partial charge on any atom is 0.387 e. The first kappa shape index (κ1) is 20.0. The number of alkyl halides is 2. The number of hydrogen-bond acceptors (Lipinski definition) is 6. The minimum atomic E-state index is -2.84. The number of aliphatic hydroxyl groups excluding tert-OH is 1. The van der Waals surface area contributed by atoms with Crippen LogP contribution in [-0.4, -0.2) is 77.9 Å². The zero-order chi connectivity index (χ0) is 20.2. The van der Waals surface area contributed by atoms with Crippen LogP contribution in [0, 0.1) is 0 Å². The number of para-hydroxylation sites is 1. The molecule has 2 aliphatic rings. The third-order valence-electron chi connectivity index (χ3n) is 5.67. The van der Waals surface area contributed by atoms with E-state index in [9.17, 15) is 13.9 Å². The van der Waals surface area contributed by atoms with Crippen molar-refractivity contribution in [2.24, 2.45) is 0 Å². The maximum atomic E-state index is 12.6. The molecule has 0 amide bonds. The summed E-state index contributed by atoms with van der Waals surface area (Å²) in [7, 11) is 0. The van der Waals surface area contributed by atoms with Gasteiger partial charge in [0.1, 0.15) is 11.6 Å². The minimum absolute atomic E-state index is 0.0454. The van der Waals surface area contributed by atoms with E-state index in [-0.39, 0.29) is 11.8 Å². The average molecular weight is 404 g/mol. The van der Waals surface area contributed by atoms with Gasteiger partial charge in [0.05, 0.1) is 6.10 Å². The van der Waals surface area contributed by atoms with Gasteiger partial charge in [0.15, 0.2) is 0 Å². The molecule has 0 aliphatic carbocycles. The van der Waals surface area contributed by atoms with Crippen LogP contribution in [0.1, 0.15) is 5.56 Å². The third kappa shape index (κ3) is 4.83. The van der Waals surface area contributed by atoms with Crippen LogP contribution in [-0.2, 0) is 6.54 Å². The lowest BCUT2D eigenvalue weighted by Crippen LogP contribution is -2.53.